The van der Waals surface area contributed by atoms with Crippen LogP contribution in [0.2, 0.25) is 0 Å². The van der Waals surface area contributed by atoms with Gasteiger partial charge in [-0.05, 0) is 12.1 Å². The molecule has 0 aliphatic rings. The van der Waals surface area contributed by atoms with Crippen molar-refractivity contribution in [2.45, 2.75) is 11.8 Å². The van der Waals surface area contributed by atoms with Crippen LogP contribution in [0, 0.1) is 17.1 Å². The molecular weight excluding hydrogens is 271 g/mol. The van der Waals surface area contributed by atoms with Crippen molar-refractivity contribution in [3.8, 4) is 6.07 Å². The smallest absolute Gasteiger partial charge is 0.244 e. The highest BCUT2D eigenvalue weighted by Gasteiger charge is 2.27. The molecule has 0 fully saturated rings. The van der Waals surface area contributed by atoms with E-state index in [0.717, 1.165) is 10.4 Å². The van der Waals surface area contributed by atoms with Crippen molar-refractivity contribution < 1.29 is 17.5 Å². The molecule has 0 spiro atoms. The quantitative estimate of drug-likeness (QED) is 0.791. The summed E-state index contributed by atoms with van der Waals surface area (Å²) in [6.07, 6.45) is 0. The number of benzene rings is 1. The molecule has 0 atom stereocenters. The normalized spacial score (nSPS) is 11.5. The lowest BCUT2D eigenvalue weighted by atomic mass is 10.2. The molecule has 0 radical (unpaired) electrons. The first-order chi connectivity index (χ1) is 8.98. The van der Waals surface area contributed by atoms with Crippen molar-refractivity contribution in [3.05, 3.63) is 29.6 Å². The molecule has 0 aliphatic carbocycles. The lowest BCUT2D eigenvalue weighted by molar-refractivity contribution is 0.180. The van der Waals surface area contributed by atoms with Crippen molar-refractivity contribution in [1.82, 2.24) is 4.31 Å². The minimum absolute atomic E-state index is 0.150. The van der Waals surface area contributed by atoms with Gasteiger partial charge in [-0.1, -0.05) is 13.0 Å². The van der Waals surface area contributed by atoms with E-state index in [4.69, 9.17) is 10.00 Å². The maximum atomic E-state index is 13.5. The van der Waals surface area contributed by atoms with Crippen molar-refractivity contribution in [2.24, 2.45) is 0 Å². The Morgan fingerprint density at radius 3 is 2.68 bits per heavy atom. The van der Waals surface area contributed by atoms with E-state index in [1.165, 1.54) is 19.2 Å². The second-order valence-corrected chi connectivity index (χ2v) is 5.62. The van der Waals surface area contributed by atoms with Crippen LogP contribution in [0.15, 0.2) is 23.1 Å². The Hall–Kier alpha value is -1.49. The molecule has 0 heterocycles. The molecule has 5 nitrogen and oxygen atoms in total. The molecule has 1 rings (SSSR count). The molecular formula is C12H15FN2O3S. The van der Waals surface area contributed by atoms with Gasteiger partial charge in [-0.25, -0.2) is 12.8 Å². The van der Waals surface area contributed by atoms with E-state index in [9.17, 15) is 12.8 Å². The van der Waals surface area contributed by atoms with E-state index >= 15 is 0 Å². The molecule has 0 N–H and O–H groups in total. The Labute approximate surface area is 112 Å². The van der Waals surface area contributed by atoms with Gasteiger partial charge in [0.25, 0.3) is 0 Å². The van der Waals surface area contributed by atoms with Gasteiger partial charge < -0.3 is 4.74 Å². The molecule has 0 saturated carbocycles. The Balaban J connectivity index is 3.27. The number of nitrogens with zero attached hydrogens (tertiary/aromatic N) is 2. The zero-order chi connectivity index (χ0) is 14.5. The summed E-state index contributed by atoms with van der Waals surface area (Å²) in [6, 6.07) is 5.15. The third-order valence-electron chi connectivity index (χ3n) is 2.60. The van der Waals surface area contributed by atoms with E-state index in [2.05, 4.69) is 0 Å². The standard InChI is InChI=1S/C12H15FN2O3S/c1-3-15(7-8-18-2)19(16,17)12-6-4-5-11(13)10(12)9-14/h4-6H,3,7-8H2,1-2H3. The number of methoxy groups -OCH3 is 1. The van der Waals surface area contributed by atoms with Crippen LogP contribution in [-0.4, -0.2) is 39.5 Å². The van der Waals surface area contributed by atoms with Crippen molar-refractivity contribution >= 4 is 10.0 Å². The Bertz CT molecular complexity index is 581. The molecule has 0 unspecified atom stereocenters. The number of hydrogen-bond acceptors (Lipinski definition) is 4. The third kappa shape index (κ3) is 3.29. The van der Waals surface area contributed by atoms with Gasteiger partial charge in [0.15, 0.2) is 0 Å². The van der Waals surface area contributed by atoms with E-state index in [1.807, 2.05) is 0 Å². The first-order valence-corrected chi connectivity index (χ1v) is 7.10. The molecule has 0 saturated heterocycles. The van der Waals surface area contributed by atoms with Gasteiger partial charge in [0, 0.05) is 20.2 Å². The number of likely N-dealkylation sites (N-methyl/N-ethyl adjacent to an activating group) is 1. The lowest BCUT2D eigenvalue weighted by Gasteiger charge is -2.20. The molecule has 104 valence electrons. The van der Waals surface area contributed by atoms with Gasteiger partial charge >= 0.3 is 0 Å². The van der Waals surface area contributed by atoms with Gasteiger partial charge in [-0.3, -0.25) is 0 Å². The van der Waals surface area contributed by atoms with Crippen LogP contribution < -0.4 is 0 Å². The average molecular weight is 286 g/mol. The van der Waals surface area contributed by atoms with Crippen molar-refractivity contribution in [1.29, 1.82) is 5.26 Å². The Morgan fingerprint density at radius 2 is 2.16 bits per heavy atom. The number of halogens is 1. The summed E-state index contributed by atoms with van der Waals surface area (Å²) in [4.78, 5) is -0.312. The largest absolute Gasteiger partial charge is 0.383 e. The predicted molar refractivity (Wildman–Crippen MR) is 67.4 cm³/mol. The average Bonchev–Trinajstić information content (AvgIpc) is 2.39. The minimum Gasteiger partial charge on any atom is -0.383 e. The van der Waals surface area contributed by atoms with Crippen LogP contribution in [0.4, 0.5) is 4.39 Å². The van der Waals surface area contributed by atoms with Crippen LogP contribution in [0.25, 0.3) is 0 Å². The summed E-state index contributed by atoms with van der Waals surface area (Å²) in [5.41, 5.74) is -0.460. The Kier molecular flexibility index (Phi) is 5.42. The predicted octanol–water partition coefficient (Wildman–Crippen LogP) is 1.35. The molecule has 0 bridgehead atoms. The second kappa shape index (κ2) is 6.61. The molecule has 0 amide bonds. The fourth-order valence-corrected chi connectivity index (χ4v) is 3.19. The summed E-state index contributed by atoms with van der Waals surface area (Å²) in [5.74, 6) is -0.841. The van der Waals surface area contributed by atoms with Gasteiger partial charge in [-0.2, -0.15) is 9.57 Å². The molecule has 7 heteroatoms. The van der Waals surface area contributed by atoms with Crippen LogP contribution in [0.3, 0.4) is 0 Å². The molecule has 0 aromatic heterocycles. The number of ether oxygens (including phenoxy) is 1. The monoisotopic (exact) mass is 286 g/mol. The highest BCUT2D eigenvalue weighted by atomic mass is 32.2. The van der Waals surface area contributed by atoms with E-state index in [-0.39, 0.29) is 24.6 Å². The van der Waals surface area contributed by atoms with Crippen molar-refractivity contribution in [3.63, 3.8) is 0 Å². The number of rotatable bonds is 6. The topological polar surface area (TPSA) is 70.4 Å². The Morgan fingerprint density at radius 1 is 1.47 bits per heavy atom. The second-order valence-electron chi connectivity index (χ2n) is 3.71. The maximum Gasteiger partial charge on any atom is 0.244 e. The van der Waals surface area contributed by atoms with Gasteiger partial charge in [0.05, 0.1) is 6.61 Å². The van der Waals surface area contributed by atoms with E-state index in [1.54, 1.807) is 13.0 Å². The molecule has 1 aromatic carbocycles. The first kappa shape index (κ1) is 15.6. The number of nitriles is 1. The molecule has 19 heavy (non-hydrogen) atoms. The van der Waals surface area contributed by atoms with Crippen LogP contribution in [0.1, 0.15) is 12.5 Å². The molecule has 0 aliphatic heterocycles. The summed E-state index contributed by atoms with van der Waals surface area (Å²) in [5, 5.41) is 8.90. The maximum absolute atomic E-state index is 13.5. The van der Waals surface area contributed by atoms with E-state index < -0.39 is 21.4 Å². The fraction of sp³-hybridized carbons (Fsp3) is 0.417. The number of sulfonamides is 1. The summed E-state index contributed by atoms with van der Waals surface area (Å²) >= 11 is 0. The van der Waals surface area contributed by atoms with Gasteiger partial charge in [-0.15, -0.1) is 0 Å². The summed E-state index contributed by atoms with van der Waals surface area (Å²) in [7, 11) is -2.44. The number of hydrogen-bond donors (Lipinski definition) is 0. The van der Waals surface area contributed by atoms with Crippen molar-refractivity contribution in [2.75, 3.05) is 26.8 Å². The van der Waals surface area contributed by atoms with Crippen LogP contribution in [0.5, 0.6) is 0 Å². The summed E-state index contributed by atoms with van der Waals surface area (Å²) in [6.45, 7) is 2.26. The van der Waals surface area contributed by atoms with Crippen LogP contribution in [-0.2, 0) is 14.8 Å². The van der Waals surface area contributed by atoms with Gasteiger partial charge in [0.2, 0.25) is 10.0 Å². The van der Waals surface area contributed by atoms with Crippen LogP contribution >= 0.6 is 0 Å². The van der Waals surface area contributed by atoms with E-state index in [0.29, 0.717) is 0 Å². The zero-order valence-corrected chi connectivity index (χ0v) is 11.6. The highest BCUT2D eigenvalue weighted by molar-refractivity contribution is 7.89. The SMILES string of the molecule is CCN(CCOC)S(=O)(=O)c1cccc(F)c1C#N. The molecule has 1 aromatic rings. The fourth-order valence-electron chi connectivity index (χ4n) is 1.61. The lowest BCUT2D eigenvalue weighted by Crippen LogP contribution is -2.34. The first-order valence-electron chi connectivity index (χ1n) is 5.66. The minimum atomic E-state index is -3.90. The zero-order valence-electron chi connectivity index (χ0n) is 10.8. The summed E-state index contributed by atoms with van der Waals surface area (Å²) < 4.78 is 44.2. The third-order valence-corrected chi connectivity index (χ3v) is 4.62. The van der Waals surface area contributed by atoms with Gasteiger partial charge in [0.1, 0.15) is 22.3 Å². The highest BCUT2D eigenvalue weighted by Crippen LogP contribution is 2.21.